The maximum absolute atomic E-state index is 6.34. The Kier molecular flexibility index (Phi) is 6.29. The van der Waals surface area contributed by atoms with Gasteiger partial charge >= 0.3 is 0 Å². The zero-order valence-electron chi connectivity index (χ0n) is 30.4. The zero-order valence-corrected chi connectivity index (χ0v) is 31.2. The van der Waals surface area contributed by atoms with Crippen LogP contribution >= 0.6 is 11.3 Å². The zero-order chi connectivity index (χ0) is 37.2. The summed E-state index contributed by atoms with van der Waals surface area (Å²) in [7, 11) is 0. The van der Waals surface area contributed by atoms with Crippen molar-refractivity contribution >= 4 is 108 Å². The summed E-state index contributed by atoms with van der Waals surface area (Å²) in [5.74, 6) is 0.630. The molecule has 0 N–H and O–H groups in total. The van der Waals surface area contributed by atoms with Crippen LogP contribution in [-0.4, -0.2) is 14.5 Å². The average Bonchev–Trinajstić information content (AvgIpc) is 3.95. The molecule has 0 spiro atoms. The Morgan fingerprint density at radius 3 is 2.00 bits per heavy atom. The van der Waals surface area contributed by atoms with Gasteiger partial charge in [0.15, 0.2) is 5.82 Å². The van der Waals surface area contributed by atoms with Crippen molar-refractivity contribution in [2.75, 3.05) is 0 Å². The van der Waals surface area contributed by atoms with Crippen LogP contribution in [-0.2, 0) is 0 Å². The largest absolute Gasteiger partial charge is 0.438 e. The van der Waals surface area contributed by atoms with Crippen molar-refractivity contribution in [2.24, 2.45) is 0 Å². The van der Waals surface area contributed by atoms with Crippen LogP contribution in [0.5, 0.6) is 0 Å². The Labute approximate surface area is 329 Å². The molecule has 13 rings (SSSR count). The third-order valence-electron chi connectivity index (χ3n) is 11.8. The van der Waals surface area contributed by atoms with Gasteiger partial charge in [-0.3, -0.25) is 0 Å². The van der Waals surface area contributed by atoms with Crippen molar-refractivity contribution in [3.8, 4) is 28.3 Å². The molecule has 4 nitrogen and oxygen atoms in total. The van der Waals surface area contributed by atoms with E-state index in [0.717, 1.165) is 38.9 Å². The first-order chi connectivity index (χ1) is 28.2. The predicted octanol–water partition coefficient (Wildman–Crippen LogP) is 14.6. The summed E-state index contributed by atoms with van der Waals surface area (Å²) < 4.78 is 11.5. The van der Waals surface area contributed by atoms with Gasteiger partial charge in [0.1, 0.15) is 5.58 Å². The summed E-state index contributed by atoms with van der Waals surface area (Å²) >= 11 is 1.90. The van der Waals surface area contributed by atoms with E-state index < -0.39 is 0 Å². The van der Waals surface area contributed by atoms with E-state index in [9.17, 15) is 0 Å². The monoisotopic (exact) mass is 743 g/mol. The summed E-state index contributed by atoms with van der Waals surface area (Å²) in [5, 5.41) is 14.6. The summed E-state index contributed by atoms with van der Waals surface area (Å²) in [6.45, 7) is 0. The number of hydrogen-bond acceptors (Lipinski definition) is 4. The van der Waals surface area contributed by atoms with Gasteiger partial charge in [0.05, 0.1) is 22.1 Å². The maximum atomic E-state index is 6.34. The molecule has 0 aliphatic rings. The van der Waals surface area contributed by atoms with Crippen LogP contribution in [0.15, 0.2) is 180 Å². The molecular formula is C52H29N3OS. The van der Waals surface area contributed by atoms with Gasteiger partial charge < -0.3 is 8.98 Å². The van der Waals surface area contributed by atoms with E-state index in [0.29, 0.717) is 11.5 Å². The Morgan fingerprint density at radius 2 is 1.16 bits per heavy atom. The second kappa shape index (κ2) is 11.6. The molecule has 0 bridgehead atoms. The van der Waals surface area contributed by atoms with Gasteiger partial charge in [-0.15, -0.1) is 11.3 Å². The molecule has 0 atom stereocenters. The van der Waals surface area contributed by atoms with E-state index in [4.69, 9.17) is 14.4 Å². The van der Waals surface area contributed by atoms with Crippen LogP contribution in [0.25, 0.3) is 125 Å². The highest BCUT2D eigenvalue weighted by atomic mass is 32.1. The van der Waals surface area contributed by atoms with Crippen molar-refractivity contribution in [3.63, 3.8) is 0 Å². The van der Waals surface area contributed by atoms with Gasteiger partial charge in [-0.25, -0.2) is 4.98 Å². The molecular weight excluding hydrogens is 715 g/mol. The van der Waals surface area contributed by atoms with E-state index in [1.54, 1.807) is 0 Å². The summed E-state index contributed by atoms with van der Waals surface area (Å²) in [6, 6.07) is 63.1. The predicted molar refractivity (Wildman–Crippen MR) is 240 cm³/mol. The van der Waals surface area contributed by atoms with Crippen molar-refractivity contribution < 1.29 is 4.42 Å². The van der Waals surface area contributed by atoms with Crippen molar-refractivity contribution in [1.82, 2.24) is 14.5 Å². The number of thiophene rings is 1. The SMILES string of the molecule is c1ccc(-c2nc(-c3ccc(-n4c5cc6ccc7sc8c9ccccc9ccc8c7c6cc5c5ccc6ccccc6c54)cc3)nc3oc4ccccc4c23)cc1. The van der Waals surface area contributed by atoms with Crippen LogP contribution in [0.3, 0.4) is 0 Å². The highest BCUT2D eigenvalue weighted by Gasteiger charge is 2.21. The van der Waals surface area contributed by atoms with Gasteiger partial charge in [-0.05, 0) is 75.5 Å². The molecule has 0 aliphatic carbocycles. The highest BCUT2D eigenvalue weighted by molar-refractivity contribution is 7.26. The average molecular weight is 744 g/mol. The van der Waals surface area contributed by atoms with E-state index in [-0.39, 0.29) is 0 Å². The van der Waals surface area contributed by atoms with Crippen LogP contribution in [0, 0.1) is 0 Å². The normalized spacial score (nSPS) is 12.2. The van der Waals surface area contributed by atoms with Crippen molar-refractivity contribution in [3.05, 3.63) is 176 Å². The number of rotatable bonds is 3. The summed E-state index contributed by atoms with van der Waals surface area (Å²) in [4.78, 5) is 10.2. The first kappa shape index (κ1) is 30.9. The number of furan rings is 1. The van der Waals surface area contributed by atoms with Crippen molar-refractivity contribution in [1.29, 1.82) is 0 Å². The third kappa shape index (κ3) is 4.43. The molecule has 5 heteroatoms. The molecule has 9 aromatic carbocycles. The van der Waals surface area contributed by atoms with Crippen LogP contribution in [0.1, 0.15) is 0 Å². The molecule has 0 saturated heterocycles. The Balaban J connectivity index is 1.04. The Morgan fingerprint density at radius 1 is 0.456 bits per heavy atom. The minimum absolute atomic E-state index is 0.588. The van der Waals surface area contributed by atoms with Crippen LogP contribution in [0.4, 0.5) is 0 Å². The van der Waals surface area contributed by atoms with E-state index in [1.807, 2.05) is 47.7 Å². The maximum Gasteiger partial charge on any atom is 0.231 e. The fourth-order valence-electron chi connectivity index (χ4n) is 9.18. The molecule has 0 saturated carbocycles. The Hall–Kier alpha value is -7.34. The molecule has 4 aromatic heterocycles. The molecule has 264 valence electrons. The lowest BCUT2D eigenvalue weighted by Gasteiger charge is -2.12. The second-order valence-electron chi connectivity index (χ2n) is 14.9. The molecule has 4 heterocycles. The molecule has 0 aliphatic heterocycles. The molecule has 57 heavy (non-hydrogen) atoms. The van der Waals surface area contributed by atoms with E-state index in [2.05, 4.69) is 144 Å². The molecule has 0 amide bonds. The van der Waals surface area contributed by atoms with Crippen molar-refractivity contribution in [2.45, 2.75) is 0 Å². The topological polar surface area (TPSA) is 43.9 Å². The number of fused-ring (bicyclic) bond motifs is 15. The fourth-order valence-corrected chi connectivity index (χ4v) is 10.4. The first-order valence-electron chi connectivity index (χ1n) is 19.2. The lowest BCUT2D eigenvalue weighted by Crippen LogP contribution is -1.96. The number of nitrogens with zero attached hydrogens (tertiary/aromatic N) is 3. The van der Waals surface area contributed by atoms with Gasteiger partial charge in [0, 0.05) is 58.5 Å². The lowest BCUT2D eigenvalue weighted by atomic mass is 9.99. The minimum Gasteiger partial charge on any atom is -0.438 e. The minimum atomic E-state index is 0.588. The molecule has 0 fully saturated rings. The van der Waals surface area contributed by atoms with Crippen LogP contribution < -0.4 is 0 Å². The van der Waals surface area contributed by atoms with E-state index >= 15 is 0 Å². The number of benzene rings is 9. The third-order valence-corrected chi connectivity index (χ3v) is 13.0. The van der Waals surface area contributed by atoms with Gasteiger partial charge in [0.2, 0.25) is 5.71 Å². The van der Waals surface area contributed by atoms with Gasteiger partial charge in [-0.2, -0.15) is 4.98 Å². The summed E-state index contributed by atoms with van der Waals surface area (Å²) in [6.07, 6.45) is 0. The van der Waals surface area contributed by atoms with E-state index in [1.165, 1.54) is 74.3 Å². The molecule has 0 unspecified atom stereocenters. The highest BCUT2D eigenvalue weighted by Crippen LogP contribution is 2.45. The standard InChI is InChI=1S/C52H29N3OS/c1-2-12-32(13-3-1)48-47-39-16-8-9-17-44(39)56-52(47)54-51(53-48)33-18-23-35(24-19-33)55-43-28-34-22-27-45-46(40-26-21-31-11-5-7-15-37(31)50(40)57-45)41(34)29-42(43)38-25-20-30-10-4-6-14-36(30)49(38)55/h1-29H. The number of para-hydroxylation sites is 1. The van der Waals surface area contributed by atoms with Gasteiger partial charge in [-0.1, -0.05) is 127 Å². The Bertz CT molecular complexity index is 3800. The lowest BCUT2D eigenvalue weighted by molar-refractivity contribution is 0.653. The smallest absolute Gasteiger partial charge is 0.231 e. The van der Waals surface area contributed by atoms with Crippen LogP contribution in [0.2, 0.25) is 0 Å². The van der Waals surface area contributed by atoms with Gasteiger partial charge in [0.25, 0.3) is 0 Å². The number of hydrogen-bond donors (Lipinski definition) is 0. The quantitative estimate of drug-likeness (QED) is 0.181. The summed E-state index contributed by atoms with van der Waals surface area (Å²) in [5.41, 5.74) is 7.67. The first-order valence-corrected chi connectivity index (χ1v) is 20.0. The fraction of sp³-hybridized carbons (Fsp3) is 0. The molecule has 0 radical (unpaired) electrons. The molecule has 13 aromatic rings. The number of aromatic nitrogens is 3. The second-order valence-corrected chi connectivity index (χ2v) is 16.0.